The third-order valence-electron chi connectivity index (χ3n) is 1.96. The van der Waals surface area contributed by atoms with Crippen molar-refractivity contribution in [3.05, 3.63) is 12.2 Å². The van der Waals surface area contributed by atoms with E-state index in [1.165, 1.54) is 0 Å². The normalized spacial score (nSPS) is 12.1. The Morgan fingerprint density at radius 2 is 1.87 bits per heavy atom. The zero-order valence-corrected chi connectivity index (χ0v) is 9.89. The van der Waals surface area contributed by atoms with Crippen molar-refractivity contribution < 1.29 is 9.59 Å². The average molecular weight is 212 g/mol. The minimum atomic E-state index is -0.473. The molecule has 0 saturated carbocycles. The SMILES string of the molecule is C=C(C)C(=O)N[C@@H](CC(C)C)C(=O)NC. The summed E-state index contributed by atoms with van der Waals surface area (Å²) in [5.41, 5.74) is 0.410. The molecule has 86 valence electrons. The third-order valence-corrected chi connectivity index (χ3v) is 1.96. The van der Waals surface area contributed by atoms with Crippen LogP contribution in [0.1, 0.15) is 27.2 Å². The van der Waals surface area contributed by atoms with Crippen LogP contribution in [0.15, 0.2) is 12.2 Å². The third kappa shape index (κ3) is 5.20. The molecule has 0 radical (unpaired) electrons. The summed E-state index contributed by atoms with van der Waals surface area (Å²) in [6, 6.07) is -0.473. The highest BCUT2D eigenvalue weighted by molar-refractivity contribution is 5.95. The van der Waals surface area contributed by atoms with Crippen LogP contribution in [0.3, 0.4) is 0 Å². The van der Waals surface area contributed by atoms with E-state index in [0.717, 1.165) is 0 Å². The average Bonchev–Trinajstić information content (AvgIpc) is 2.14. The highest BCUT2D eigenvalue weighted by Crippen LogP contribution is 2.05. The Morgan fingerprint density at radius 1 is 1.33 bits per heavy atom. The van der Waals surface area contributed by atoms with Gasteiger partial charge in [0.1, 0.15) is 6.04 Å². The first-order valence-corrected chi connectivity index (χ1v) is 5.06. The number of carbonyl (C=O) groups is 2. The summed E-state index contributed by atoms with van der Waals surface area (Å²) in [7, 11) is 1.56. The van der Waals surface area contributed by atoms with E-state index in [0.29, 0.717) is 17.9 Å². The van der Waals surface area contributed by atoms with E-state index < -0.39 is 6.04 Å². The van der Waals surface area contributed by atoms with Gasteiger partial charge < -0.3 is 10.6 Å². The molecule has 0 rings (SSSR count). The van der Waals surface area contributed by atoms with Crippen molar-refractivity contribution in [3.63, 3.8) is 0 Å². The standard InChI is InChI=1S/C11H20N2O2/c1-7(2)6-9(11(15)12-5)13-10(14)8(3)4/h7,9H,3,6H2,1-2,4-5H3,(H,12,15)(H,13,14)/t9-/m0/s1. The molecule has 15 heavy (non-hydrogen) atoms. The summed E-state index contributed by atoms with van der Waals surface area (Å²) in [6.07, 6.45) is 0.624. The molecule has 0 aromatic rings. The quantitative estimate of drug-likeness (QED) is 0.663. The van der Waals surface area contributed by atoms with Crippen LogP contribution >= 0.6 is 0 Å². The van der Waals surface area contributed by atoms with Crippen molar-refractivity contribution in [2.24, 2.45) is 5.92 Å². The number of likely N-dealkylation sites (N-methyl/N-ethyl adjacent to an activating group) is 1. The molecule has 0 unspecified atom stereocenters. The van der Waals surface area contributed by atoms with Crippen LogP contribution in [0.5, 0.6) is 0 Å². The second-order valence-electron chi connectivity index (χ2n) is 4.05. The van der Waals surface area contributed by atoms with Gasteiger partial charge in [-0.15, -0.1) is 0 Å². The summed E-state index contributed by atoms with van der Waals surface area (Å²) in [4.78, 5) is 22.8. The van der Waals surface area contributed by atoms with Crippen molar-refractivity contribution in [2.45, 2.75) is 33.2 Å². The number of hydrogen-bond acceptors (Lipinski definition) is 2. The number of hydrogen-bond donors (Lipinski definition) is 2. The van der Waals surface area contributed by atoms with Crippen molar-refractivity contribution >= 4 is 11.8 Å². The molecule has 0 aliphatic heterocycles. The molecule has 0 saturated heterocycles. The Kier molecular flexibility index (Phi) is 5.67. The lowest BCUT2D eigenvalue weighted by Crippen LogP contribution is -2.46. The lowest BCUT2D eigenvalue weighted by molar-refractivity contribution is -0.127. The van der Waals surface area contributed by atoms with E-state index in [1.54, 1.807) is 14.0 Å². The molecular weight excluding hydrogens is 192 g/mol. The highest BCUT2D eigenvalue weighted by Gasteiger charge is 2.20. The van der Waals surface area contributed by atoms with Crippen LogP contribution in [0, 0.1) is 5.92 Å². The topological polar surface area (TPSA) is 58.2 Å². The van der Waals surface area contributed by atoms with Gasteiger partial charge in [-0.1, -0.05) is 20.4 Å². The first kappa shape index (κ1) is 13.7. The van der Waals surface area contributed by atoms with Crippen molar-refractivity contribution in [3.8, 4) is 0 Å². The minimum Gasteiger partial charge on any atom is -0.357 e. The van der Waals surface area contributed by atoms with Crippen molar-refractivity contribution in [1.82, 2.24) is 10.6 Å². The number of rotatable bonds is 5. The van der Waals surface area contributed by atoms with E-state index in [9.17, 15) is 9.59 Å². The molecule has 4 heteroatoms. The first-order valence-electron chi connectivity index (χ1n) is 5.06. The second kappa shape index (κ2) is 6.22. The smallest absolute Gasteiger partial charge is 0.246 e. The van der Waals surface area contributed by atoms with Crippen LogP contribution in [0.25, 0.3) is 0 Å². The van der Waals surface area contributed by atoms with Gasteiger partial charge >= 0.3 is 0 Å². The van der Waals surface area contributed by atoms with Gasteiger partial charge in [-0.2, -0.15) is 0 Å². The summed E-state index contributed by atoms with van der Waals surface area (Å²) in [6.45, 7) is 9.15. The van der Waals surface area contributed by atoms with Crippen LogP contribution in [-0.4, -0.2) is 24.9 Å². The minimum absolute atomic E-state index is 0.168. The summed E-state index contributed by atoms with van der Waals surface area (Å²) in [5.74, 6) is -0.0970. The maximum atomic E-state index is 11.5. The lowest BCUT2D eigenvalue weighted by Gasteiger charge is -2.18. The molecule has 2 N–H and O–H groups in total. The Balaban J connectivity index is 4.44. The zero-order chi connectivity index (χ0) is 12.0. The molecule has 0 bridgehead atoms. The Bertz CT molecular complexity index is 259. The molecule has 4 nitrogen and oxygen atoms in total. The Labute approximate surface area is 91.1 Å². The molecule has 0 aromatic carbocycles. The van der Waals surface area contributed by atoms with Crippen LogP contribution in [0.2, 0.25) is 0 Å². The van der Waals surface area contributed by atoms with Gasteiger partial charge in [-0.3, -0.25) is 9.59 Å². The molecule has 2 amide bonds. The van der Waals surface area contributed by atoms with Crippen molar-refractivity contribution in [1.29, 1.82) is 0 Å². The lowest BCUT2D eigenvalue weighted by atomic mass is 10.0. The zero-order valence-electron chi connectivity index (χ0n) is 9.89. The Morgan fingerprint density at radius 3 is 2.20 bits per heavy atom. The summed E-state index contributed by atoms with van der Waals surface area (Å²) >= 11 is 0. The fourth-order valence-corrected chi connectivity index (χ4v) is 1.16. The van der Waals surface area contributed by atoms with E-state index in [-0.39, 0.29) is 11.8 Å². The fraction of sp³-hybridized carbons (Fsp3) is 0.636. The predicted octanol–water partition coefficient (Wildman–Crippen LogP) is 0.839. The second-order valence-corrected chi connectivity index (χ2v) is 4.05. The molecule has 0 spiro atoms. The number of amides is 2. The van der Waals surface area contributed by atoms with Gasteiger partial charge in [0.05, 0.1) is 0 Å². The summed E-state index contributed by atoms with van der Waals surface area (Å²) in [5, 5.41) is 5.18. The maximum Gasteiger partial charge on any atom is 0.246 e. The fourth-order valence-electron chi connectivity index (χ4n) is 1.16. The van der Waals surface area contributed by atoms with Crippen LogP contribution in [-0.2, 0) is 9.59 Å². The van der Waals surface area contributed by atoms with Gasteiger partial charge in [0.2, 0.25) is 11.8 Å². The summed E-state index contributed by atoms with van der Waals surface area (Å²) < 4.78 is 0. The number of carbonyl (C=O) groups excluding carboxylic acids is 2. The maximum absolute atomic E-state index is 11.5. The Hall–Kier alpha value is -1.32. The monoisotopic (exact) mass is 212 g/mol. The van der Waals surface area contributed by atoms with Crippen LogP contribution < -0.4 is 10.6 Å². The van der Waals surface area contributed by atoms with Gasteiger partial charge in [-0.05, 0) is 19.3 Å². The van der Waals surface area contributed by atoms with Gasteiger partial charge in [-0.25, -0.2) is 0 Å². The van der Waals surface area contributed by atoms with E-state index in [1.807, 2.05) is 13.8 Å². The molecular formula is C11H20N2O2. The first-order chi connectivity index (χ1) is 6.88. The molecule has 0 aromatic heterocycles. The largest absolute Gasteiger partial charge is 0.357 e. The van der Waals surface area contributed by atoms with Crippen molar-refractivity contribution in [2.75, 3.05) is 7.05 Å². The van der Waals surface area contributed by atoms with Gasteiger partial charge in [0.15, 0.2) is 0 Å². The predicted molar refractivity (Wildman–Crippen MR) is 60.3 cm³/mol. The number of nitrogens with one attached hydrogen (secondary N) is 2. The molecule has 1 atom stereocenters. The van der Waals surface area contributed by atoms with Gasteiger partial charge in [0, 0.05) is 12.6 Å². The molecule has 0 aliphatic carbocycles. The van der Waals surface area contributed by atoms with E-state index >= 15 is 0 Å². The van der Waals surface area contributed by atoms with Crippen LogP contribution in [0.4, 0.5) is 0 Å². The molecule has 0 fully saturated rings. The highest BCUT2D eigenvalue weighted by atomic mass is 16.2. The van der Waals surface area contributed by atoms with E-state index in [4.69, 9.17) is 0 Å². The molecule has 0 aliphatic rings. The van der Waals surface area contributed by atoms with Gasteiger partial charge in [0.25, 0.3) is 0 Å². The molecule has 0 heterocycles. The van der Waals surface area contributed by atoms with E-state index in [2.05, 4.69) is 17.2 Å².